The molecule has 1 saturated heterocycles. The van der Waals surface area contributed by atoms with Gasteiger partial charge >= 0.3 is 0 Å². The Balaban J connectivity index is 1.83. The maximum atomic E-state index is 12.9. The summed E-state index contributed by atoms with van der Waals surface area (Å²) in [5.74, 6) is 0. The molecule has 1 aliphatic heterocycles. The lowest BCUT2D eigenvalue weighted by Crippen LogP contribution is -2.30. The van der Waals surface area contributed by atoms with Crippen LogP contribution in [0.4, 0.5) is 0 Å². The first-order valence-electron chi connectivity index (χ1n) is 8.83. The van der Waals surface area contributed by atoms with Gasteiger partial charge in [0.1, 0.15) is 0 Å². The fourth-order valence-electron chi connectivity index (χ4n) is 3.13. The number of aryl methyl sites for hydroxylation is 1. The van der Waals surface area contributed by atoms with Gasteiger partial charge in [-0.25, -0.2) is 16.8 Å². The van der Waals surface area contributed by atoms with Crippen LogP contribution in [0.5, 0.6) is 0 Å². The summed E-state index contributed by atoms with van der Waals surface area (Å²) in [6.45, 7) is 3.29. The third kappa shape index (κ3) is 4.08. The fourth-order valence-corrected chi connectivity index (χ4v) is 6.09. The molecule has 0 atom stereocenters. The monoisotopic (exact) mass is 412 g/mol. The molecule has 1 aliphatic rings. The van der Waals surface area contributed by atoms with Gasteiger partial charge in [-0.3, -0.25) is 4.68 Å². The van der Waals surface area contributed by atoms with Crippen molar-refractivity contribution in [2.24, 2.45) is 7.05 Å². The molecule has 0 bridgehead atoms. The van der Waals surface area contributed by atoms with Crippen LogP contribution < -0.4 is 0 Å². The Morgan fingerprint density at radius 3 is 2.15 bits per heavy atom. The Labute approximate surface area is 160 Å². The second kappa shape index (κ2) is 7.70. The Morgan fingerprint density at radius 1 is 1.04 bits per heavy atom. The van der Waals surface area contributed by atoms with Gasteiger partial charge in [0.15, 0.2) is 0 Å². The summed E-state index contributed by atoms with van der Waals surface area (Å²) in [5, 5.41) is 4.06. The van der Waals surface area contributed by atoms with E-state index >= 15 is 0 Å². The second-order valence-electron chi connectivity index (χ2n) is 6.54. The van der Waals surface area contributed by atoms with E-state index in [9.17, 15) is 16.8 Å². The van der Waals surface area contributed by atoms with Crippen LogP contribution in [0.3, 0.4) is 0 Å². The number of rotatable bonds is 7. The molecule has 0 spiro atoms. The van der Waals surface area contributed by atoms with Gasteiger partial charge in [0, 0.05) is 45.0 Å². The first kappa shape index (κ1) is 20.0. The first-order valence-corrected chi connectivity index (χ1v) is 11.7. The minimum atomic E-state index is -3.73. The van der Waals surface area contributed by atoms with Crippen molar-refractivity contribution in [2.45, 2.75) is 36.1 Å². The maximum Gasteiger partial charge on any atom is 0.243 e. The van der Waals surface area contributed by atoms with Gasteiger partial charge in [0.2, 0.25) is 20.0 Å². The molecule has 0 N–H and O–H groups in total. The Hall–Kier alpha value is -1.75. The third-order valence-electron chi connectivity index (χ3n) is 4.63. The van der Waals surface area contributed by atoms with E-state index in [1.165, 1.54) is 32.9 Å². The van der Waals surface area contributed by atoms with Gasteiger partial charge in [0.05, 0.1) is 16.0 Å². The lowest BCUT2D eigenvalue weighted by molar-refractivity contribution is 0.423. The molecule has 0 saturated carbocycles. The topological polar surface area (TPSA) is 92.6 Å². The molecule has 3 rings (SSSR count). The highest BCUT2D eigenvalue weighted by atomic mass is 32.2. The average Bonchev–Trinajstić information content (AvgIpc) is 3.31. The summed E-state index contributed by atoms with van der Waals surface area (Å²) in [5.41, 5.74) is 0.788. The van der Waals surface area contributed by atoms with Gasteiger partial charge < -0.3 is 0 Å². The molecular weight excluding hydrogens is 388 g/mol. The molecule has 27 heavy (non-hydrogen) atoms. The van der Waals surface area contributed by atoms with E-state index in [-0.39, 0.29) is 16.3 Å². The van der Waals surface area contributed by atoms with E-state index in [4.69, 9.17) is 0 Å². The van der Waals surface area contributed by atoms with Crippen molar-refractivity contribution >= 4 is 20.0 Å². The van der Waals surface area contributed by atoms with Crippen molar-refractivity contribution in [3.8, 4) is 0 Å². The predicted octanol–water partition coefficient (Wildman–Crippen LogP) is 1.42. The van der Waals surface area contributed by atoms with Crippen molar-refractivity contribution in [1.29, 1.82) is 0 Å². The molecule has 2 aromatic rings. The highest BCUT2D eigenvalue weighted by molar-refractivity contribution is 7.89. The van der Waals surface area contributed by atoms with Crippen LogP contribution in [-0.2, 0) is 33.6 Å². The molecule has 1 aromatic carbocycles. The summed E-state index contributed by atoms with van der Waals surface area (Å²) in [4.78, 5) is 0.201. The number of benzene rings is 1. The summed E-state index contributed by atoms with van der Waals surface area (Å²) in [6.07, 6.45) is 5.10. The Bertz CT molecular complexity index is 992. The molecule has 0 radical (unpaired) electrons. The summed E-state index contributed by atoms with van der Waals surface area (Å²) < 4.78 is 55.4. The number of nitrogens with zero attached hydrogens (tertiary/aromatic N) is 4. The molecule has 8 nitrogen and oxygen atoms in total. The quantitative estimate of drug-likeness (QED) is 0.686. The number of aromatic nitrogens is 2. The molecule has 1 aromatic heterocycles. The zero-order chi connectivity index (χ0) is 19.7. The molecule has 0 amide bonds. The maximum absolute atomic E-state index is 12.9. The summed E-state index contributed by atoms with van der Waals surface area (Å²) in [7, 11) is -5.52. The fraction of sp³-hybridized carbons (Fsp3) is 0.471. The van der Waals surface area contributed by atoms with E-state index in [0.29, 0.717) is 19.6 Å². The molecule has 10 heteroatoms. The number of hydrogen-bond donors (Lipinski definition) is 0. The van der Waals surface area contributed by atoms with E-state index in [1.807, 2.05) is 0 Å². The van der Waals surface area contributed by atoms with Gasteiger partial charge in [-0.1, -0.05) is 6.92 Å². The number of hydrogen-bond acceptors (Lipinski definition) is 5. The van der Waals surface area contributed by atoms with Gasteiger partial charge in [-0.05, 0) is 37.1 Å². The largest absolute Gasteiger partial charge is 0.275 e. The van der Waals surface area contributed by atoms with Crippen molar-refractivity contribution < 1.29 is 16.8 Å². The molecule has 1 fully saturated rings. The Morgan fingerprint density at radius 2 is 1.63 bits per heavy atom. The van der Waals surface area contributed by atoms with Gasteiger partial charge in [-0.2, -0.15) is 13.7 Å². The molecule has 2 heterocycles. The molecule has 148 valence electrons. The molecular formula is C17H24N4O4S2. The minimum Gasteiger partial charge on any atom is -0.275 e. The highest BCUT2D eigenvalue weighted by Crippen LogP contribution is 2.24. The van der Waals surface area contributed by atoms with Crippen molar-refractivity contribution in [3.63, 3.8) is 0 Å². The zero-order valence-corrected chi connectivity index (χ0v) is 17.1. The van der Waals surface area contributed by atoms with Crippen LogP contribution in [0.15, 0.2) is 46.5 Å². The average molecular weight is 413 g/mol. The molecule has 0 aliphatic carbocycles. The van der Waals surface area contributed by atoms with Crippen molar-refractivity contribution in [3.05, 3.63) is 42.2 Å². The zero-order valence-electron chi connectivity index (χ0n) is 15.4. The van der Waals surface area contributed by atoms with Crippen LogP contribution in [0.2, 0.25) is 0 Å². The van der Waals surface area contributed by atoms with E-state index in [0.717, 1.165) is 18.4 Å². The highest BCUT2D eigenvalue weighted by Gasteiger charge is 2.28. The van der Waals surface area contributed by atoms with Crippen molar-refractivity contribution in [1.82, 2.24) is 18.4 Å². The van der Waals surface area contributed by atoms with Crippen LogP contribution >= 0.6 is 0 Å². The van der Waals surface area contributed by atoms with Crippen molar-refractivity contribution in [2.75, 3.05) is 19.6 Å². The predicted molar refractivity (Wildman–Crippen MR) is 101 cm³/mol. The van der Waals surface area contributed by atoms with Crippen LogP contribution in [0.25, 0.3) is 0 Å². The molecule has 0 unspecified atom stereocenters. The lowest BCUT2D eigenvalue weighted by Gasteiger charge is -2.20. The van der Waals surface area contributed by atoms with Crippen LogP contribution in [0.1, 0.15) is 25.3 Å². The number of sulfonamides is 2. The first-order chi connectivity index (χ1) is 12.7. The smallest absolute Gasteiger partial charge is 0.243 e. The van der Waals surface area contributed by atoms with E-state index in [2.05, 4.69) is 5.10 Å². The lowest BCUT2D eigenvalue weighted by atomic mass is 10.3. The van der Waals surface area contributed by atoms with Crippen LogP contribution in [-0.4, -0.2) is 54.9 Å². The minimum absolute atomic E-state index is 0.0774. The van der Waals surface area contributed by atoms with Gasteiger partial charge in [-0.15, -0.1) is 0 Å². The van der Waals surface area contributed by atoms with E-state index < -0.39 is 20.0 Å². The SMILES string of the molecule is CCN(Cc1cnn(C)c1)S(=O)(=O)c1ccc(S(=O)(=O)N2CCCC2)cc1. The van der Waals surface area contributed by atoms with Crippen LogP contribution in [0, 0.1) is 0 Å². The summed E-state index contributed by atoms with van der Waals surface area (Å²) >= 11 is 0. The second-order valence-corrected chi connectivity index (χ2v) is 10.4. The Kier molecular flexibility index (Phi) is 5.71. The van der Waals surface area contributed by atoms with Gasteiger partial charge in [0.25, 0.3) is 0 Å². The third-order valence-corrected chi connectivity index (χ3v) is 8.48. The summed E-state index contributed by atoms with van der Waals surface area (Å²) in [6, 6.07) is 5.48. The standard InChI is InChI=1S/C17H24N4O4S2/c1-3-20(14-15-12-18-19(2)13-15)26(22,23)16-6-8-17(9-7-16)27(24,25)21-10-4-5-11-21/h6-9,12-13H,3-5,10-11,14H2,1-2H3. The normalized spacial score (nSPS) is 16.3. The van der Waals surface area contributed by atoms with E-state index in [1.54, 1.807) is 31.0 Å².